The van der Waals surface area contributed by atoms with E-state index >= 15 is 0 Å². The molecule has 0 aromatic carbocycles. The van der Waals surface area contributed by atoms with Crippen LogP contribution in [-0.4, -0.2) is 65.3 Å². The summed E-state index contributed by atoms with van der Waals surface area (Å²) in [5.74, 6) is -2.16. The van der Waals surface area contributed by atoms with Crippen molar-refractivity contribution in [2.75, 3.05) is 0 Å². The summed E-state index contributed by atoms with van der Waals surface area (Å²) in [6.45, 7) is 15.0. The van der Waals surface area contributed by atoms with Gasteiger partial charge in [0.25, 0.3) is 0 Å². The van der Waals surface area contributed by atoms with E-state index in [1.807, 2.05) is 13.8 Å². The fraction of sp³-hybridized carbons (Fsp3) is 0.765. The number of carbonyl (C=O) groups excluding carboxylic acids is 4. The molecule has 6 rings (SSSR count). The number of fused-ring (bicyclic) bond motifs is 2. The van der Waals surface area contributed by atoms with Gasteiger partial charge in [-0.2, -0.15) is 0 Å². The van der Waals surface area contributed by atoms with Gasteiger partial charge in [0.15, 0.2) is 23.8 Å². The largest absolute Gasteiger partial charge is 0.458 e. The van der Waals surface area contributed by atoms with Gasteiger partial charge in [-0.05, 0) is 48.7 Å². The molecule has 44 heavy (non-hydrogen) atoms. The van der Waals surface area contributed by atoms with Crippen molar-refractivity contribution in [2.24, 2.45) is 33.5 Å². The Kier molecular flexibility index (Phi) is 6.94. The van der Waals surface area contributed by atoms with Crippen LogP contribution in [-0.2, 0) is 42.9 Å². The second-order valence-corrected chi connectivity index (χ2v) is 15.8. The van der Waals surface area contributed by atoms with Crippen LogP contribution in [0.25, 0.3) is 0 Å². The van der Waals surface area contributed by atoms with Crippen molar-refractivity contribution in [3.63, 3.8) is 0 Å². The molecular formula is C34H46O10. The fourth-order valence-corrected chi connectivity index (χ4v) is 10.8. The highest BCUT2D eigenvalue weighted by atomic mass is 16.8. The molecule has 0 aromatic heterocycles. The van der Waals surface area contributed by atoms with Crippen LogP contribution in [0.2, 0.25) is 0 Å². The Morgan fingerprint density at radius 1 is 0.864 bits per heavy atom. The zero-order valence-corrected chi connectivity index (χ0v) is 27.1. The molecule has 2 saturated carbocycles. The summed E-state index contributed by atoms with van der Waals surface area (Å²) in [4.78, 5) is 51.1. The van der Waals surface area contributed by atoms with Crippen LogP contribution in [0.15, 0.2) is 23.3 Å². The number of ether oxygens (including phenoxy) is 5. The second kappa shape index (κ2) is 9.72. The van der Waals surface area contributed by atoms with Crippen molar-refractivity contribution in [2.45, 2.75) is 130 Å². The lowest BCUT2D eigenvalue weighted by Crippen LogP contribution is -2.66. The maximum Gasteiger partial charge on any atom is 0.339 e. The van der Waals surface area contributed by atoms with Crippen molar-refractivity contribution < 1.29 is 48.0 Å². The summed E-state index contributed by atoms with van der Waals surface area (Å²) >= 11 is 0. The minimum Gasteiger partial charge on any atom is -0.458 e. The SMILES string of the molecule is CC(=O)O[C@@H]1C=C([C@H]2O[C@H]3OC(=O)C4=C[C@@H](OC(C)=O)C5C(C)(C)CCC[C@]5(C)[C@]43O2)[C@](O)(C=O)[C@@]2(C)CCCC(C)(C)C12. The Balaban J connectivity index is 1.51. The number of carbonyl (C=O) groups is 4. The van der Waals surface area contributed by atoms with Crippen LogP contribution < -0.4 is 0 Å². The molecule has 2 aliphatic heterocycles. The van der Waals surface area contributed by atoms with E-state index in [2.05, 4.69) is 27.7 Å². The van der Waals surface area contributed by atoms with Crippen LogP contribution >= 0.6 is 0 Å². The number of aliphatic hydroxyl groups is 1. The molecular weight excluding hydrogens is 568 g/mol. The molecule has 4 aliphatic carbocycles. The number of hydrogen-bond donors (Lipinski definition) is 1. The predicted octanol–water partition coefficient (Wildman–Crippen LogP) is 4.32. The molecule has 10 nitrogen and oxygen atoms in total. The van der Waals surface area contributed by atoms with Crippen molar-refractivity contribution >= 4 is 24.2 Å². The van der Waals surface area contributed by atoms with Gasteiger partial charge in [-0.3, -0.25) is 14.4 Å². The third-order valence-electron chi connectivity index (χ3n) is 12.3. The molecule has 6 aliphatic rings. The quantitative estimate of drug-likeness (QED) is 0.211. The van der Waals surface area contributed by atoms with Gasteiger partial charge >= 0.3 is 17.9 Å². The van der Waals surface area contributed by atoms with E-state index in [1.54, 1.807) is 12.2 Å². The van der Waals surface area contributed by atoms with Gasteiger partial charge < -0.3 is 28.8 Å². The predicted molar refractivity (Wildman–Crippen MR) is 155 cm³/mol. The number of esters is 3. The Morgan fingerprint density at radius 2 is 1.39 bits per heavy atom. The summed E-state index contributed by atoms with van der Waals surface area (Å²) in [5.41, 5.74) is -5.49. The van der Waals surface area contributed by atoms with Crippen LogP contribution in [0.3, 0.4) is 0 Å². The highest BCUT2D eigenvalue weighted by Crippen LogP contribution is 2.69. The first-order valence-corrected chi connectivity index (χ1v) is 15.9. The van der Waals surface area contributed by atoms with Crippen molar-refractivity contribution in [1.82, 2.24) is 0 Å². The maximum atomic E-state index is 13.4. The lowest BCUT2D eigenvalue weighted by atomic mass is 9.46. The Bertz CT molecular complexity index is 1360. The number of hydrogen-bond acceptors (Lipinski definition) is 10. The van der Waals surface area contributed by atoms with Gasteiger partial charge in [-0.1, -0.05) is 54.4 Å². The first-order valence-electron chi connectivity index (χ1n) is 15.9. The zero-order chi connectivity index (χ0) is 32.3. The van der Waals surface area contributed by atoms with Crippen molar-refractivity contribution in [1.29, 1.82) is 0 Å². The van der Waals surface area contributed by atoms with Crippen LogP contribution in [0.1, 0.15) is 93.9 Å². The summed E-state index contributed by atoms with van der Waals surface area (Å²) in [7, 11) is 0. The van der Waals surface area contributed by atoms with Gasteiger partial charge in [0.05, 0.1) is 5.57 Å². The first kappa shape index (κ1) is 31.4. The summed E-state index contributed by atoms with van der Waals surface area (Å²) in [6.07, 6.45) is 4.45. The van der Waals surface area contributed by atoms with Crippen molar-refractivity contribution in [3.05, 3.63) is 23.3 Å². The molecule has 242 valence electrons. The summed E-state index contributed by atoms with van der Waals surface area (Å²) < 4.78 is 31.0. The molecule has 10 heteroatoms. The van der Waals surface area contributed by atoms with Gasteiger partial charge in [-0.15, -0.1) is 0 Å². The van der Waals surface area contributed by atoms with Crippen LogP contribution in [0, 0.1) is 33.5 Å². The van der Waals surface area contributed by atoms with Gasteiger partial charge in [0.2, 0.25) is 6.29 Å². The monoisotopic (exact) mass is 614 g/mol. The van der Waals surface area contributed by atoms with E-state index in [0.717, 1.165) is 25.7 Å². The first-order chi connectivity index (χ1) is 20.4. The lowest BCUT2D eigenvalue weighted by Gasteiger charge is -2.61. The normalized spacial score (nSPS) is 46.6. The van der Waals surface area contributed by atoms with Crippen LogP contribution in [0.4, 0.5) is 0 Å². The number of rotatable bonds is 4. The third-order valence-corrected chi connectivity index (χ3v) is 12.3. The molecule has 10 atom stereocenters. The molecule has 2 heterocycles. The van der Waals surface area contributed by atoms with E-state index < -0.39 is 64.7 Å². The lowest BCUT2D eigenvalue weighted by molar-refractivity contribution is -0.210. The van der Waals surface area contributed by atoms with Gasteiger partial charge in [0, 0.05) is 42.1 Å². The standard InChI is InChI=1S/C34H46O10/c1-18(36)40-22-15-20-26(38)42-28-34(20,32(8)14-10-12-30(5,6)25(22)32)44-27(43-28)21-16-23(41-19(2)37)24-29(3,4)11-9-13-31(24,7)33(21,39)17-35/h15-17,22-25,27-28,39H,9-14H2,1-8H3/t22-,23-,24?,25?,27+,28-,31+,32+,33-,34+/m1/s1. The van der Waals surface area contributed by atoms with E-state index in [9.17, 15) is 24.3 Å². The maximum absolute atomic E-state index is 13.4. The van der Waals surface area contributed by atoms with E-state index in [-0.39, 0.29) is 33.8 Å². The average Bonchev–Trinajstić information content (AvgIpc) is 3.38. The molecule has 2 saturated heterocycles. The zero-order valence-electron chi connectivity index (χ0n) is 27.1. The summed E-state index contributed by atoms with van der Waals surface area (Å²) in [6, 6.07) is 0. The minimum absolute atomic E-state index is 0.145. The topological polar surface area (TPSA) is 135 Å². The molecule has 4 fully saturated rings. The second-order valence-electron chi connectivity index (χ2n) is 15.8. The Labute approximate surface area is 258 Å². The molecule has 0 amide bonds. The smallest absolute Gasteiger partial charge is 0.339 e. The molecule has 1 N–H and O–H groups in total. The molecule has 1 spiro atoms. The van der Waals surface area contributed by atoms with E-state index in [0.29, 0.717) is 19.1 Å². The minimum atomic E-state index is -2.01. The number of aldehydes is 1. The Morgan fingerprint density at radius 3 is 1.93 bits per heavy atom. The third kappa shape index (κ3) is 3.95. The fourth-order valence-electron chi connectivity index (χ4n) is 10.8. The Hall–Kier alpha value is -2.56. The molecule has 0 radical (unpaired) electrons. The van der Waals surface area contributed by atoms with Crippen molar-refractivity contribution in [3.8, 4) is 0 Å². The highest BCUT2D eigenvalue weighted by Gasteiger charge is 2.77. The molecule has 2 unspecified atom stereocenters. The molecule has 0 bridgehead atoms. The molecule has 0 aromatic rings. The highest BCUT2D eigenvalue weighted by molar-refractivity contribution is 5.95. The average molecular weight is 615 g/mol. The van der Waals surface area contributed by atoms with Gasteiger partial charge in [-0.25, -0.2) is 4.79 Å². The van der Waals surface area contributed by atoms with Crippen LogP contribution in [0.5, 0.6) is 0 Å². The summed E-state index contributed by atoms with van der Waals surface area (Å²) in [5, 5.41) is 12.5. The van der Waals surface area contributed by atoms with Gasteiger partial charge in [0.1, 0.15) is 12.2 Å². The van der Waals surface area contributed by atoms with E-state index in [1.165, 1.54) is 13.8 Å². The van der Waals surface area contributed by atoms with E-state index in [4.69, 9.17) is 23.7 Å².